The monoisotopic (exact) mass is 327 g/mol. The maximum absolute atomic E-state index is 12.8. The third kappa shape index (κ3) is 2.74. The molecule has 3 rings (SSSR count). The number of nitrogens with one attached hydrogen (secondary N) is 1. The van der Waals surface area contributed by atoms with Gasteiger partial charge < -0.3 is 10.4 Å². The molecule has 0 unspecified atom stereocenters. The Bertz CT molecular complexity index is 685. The smallest absolute Gasteiger partial charge is 0.307 e. The molecule has 0 aliphatic heterocycles. The maximum Gasteiger partial charge on any atom is 0.307 e. The molecule has 2 aliphatic rings. The summed E-state index contributed by atoms with van der Waals surface area (Å²) in [5.41, 5.74) is 4.34. The van der Waals surface area contributed by atoms with Crippen LogP contribution in [0, 0.1) is 23.7 Å². The van der Waals surface area contributed by atoms with Gasteiger partial charge in [0.2, 0.25) is 5.91 Å². The van der Waals surface area contributed by atoms with E-state index in [1.54, 1.807) is 0 Å². The number of benzene rings is 1. The molecular weight excluding hydrogens is 302 g/mol. The fourth-order valence-electron chi connectivity index (χ4n) is 4.65. The number of anilines is 1. The Labute approximate surface area is 143 Å². The molecule has 0 aromatic heterocycles. The largest absolute Gasteiger partial charge is 0.481 e. The summed E-state index contributed by atoms with van der Waals surface area (Å²) in [6, 6.07) is 7.77. The van der Waals surface area contributed by atoms with Crippen molar-refractivity contribution in [3.8, 4) is 0 Å². The van der Waals surface area contributed by atoms with Crippen molar-refractivity contribution in [2.24, 2.45) is 23.7 Å². The van der Waals surface area contributed by atoms with Gasteiger partial charge in [0.25, 0.3) is 0 Å². The number of carboxylic acids is 1. The Morgan fingerprint density at radius 1 is 1.08 bits per heavy atom. The molecule has 2 fully saturated rings. The summed E-state index contributed by atoms with van der Waals surface area (Å²) < 4.78 is 0. The van der Waals surface area contributed by atoms with Crippen LogP contribution in [-0.2, 0) is 16.0 Å². The van der Waals surface area contributed by atoms with Crippen LogP contribution < -0.4 is 5.32 Å². The standard InChI is InChI=1S/C20H25NO3/c1-4-12-5-7-13(8-6-12)21-19(22)17-14-9-10-15(16(14)11(2)3)18(17)20(23)24/h5-8,14-15,17-18H,4,9-10H2,1-3H3,(H,21,22)(H,23,24)/t14-,15+,17+,18-/m0/s1. The van der Waals surface area contributed by atoms with E-state index in [0.717, 1.165) is 24.9 Å². The number of rotatable bonds is 4. The minimum absolute atomic E-state index is 0.0238. The molecule has 0 radical (unpaired) electrons. The molecule has 0 spiro atoms. The number of aryl methyl sites for hydroxylation is 1. The minimum Gasteiger partial charge on any atom is -0.481 e. The maximum atomic E-state index is 12.8. The van der Waals surface area contributed by atoms with Crippen molar-refractivity contribution in [3.05, 3.63) is 41.0 Å². The lowest BCUT2D eigenvalue weighted by Gasteiger charge is -2.26. The zero-order chi connectivity index (χ0) is 17.4. The minimum atomic E-state index is -0.845. The molecule has 2 aliphatic carbocycles. The third-order valence-corrected chi connectivity index (χ3v) is 5.64. The molecule has 24 heavy (non-hydrogen) atoms. The van der Waals surface area contributed by atoms with Gasteiger partial charge in [0.1, 0.15) is 0 Å². The van der Waals surface area contributed by atoms with E-state index < -0.39 is 17.8 Å². The third-order valence-electron chi connectivity index (χ3n) is 5.64. The fourth-order valence-corrected chi connectivity index (χ4v) is 4.65. The van der Waals surface area contributed by atoms with Crippen molar-refractivity contribution < 1.29 is 14.7 Å². The van der Waals surface area contributed by atoms with Gasteiger partial charge in [-0.1, -0.05) is 30.2 Å². The van der Waals surface area contributed by atoms with Gasteiger partial charge in [0.05, 0.1) is 11.8 Å². The van der Waals surface area contributed by atoms with E-state index >= 15 is 0 Å². The lowest BCUT2D eigenvalue weighted by atomic mass is 9.78. The molecule has 128 valence electrons. The van der Waals surface area contributed by atoms with E-state index in [0.29, 0.717) is 0 Å². The molecule has 0 saturated heterocycles. The molecule has 1 aromatic carbocycles. The summed E-state index contributed by atoms with van der Waals surface area (Å²) >= 11 is 0. The quantitative estimate of drug-likeness (QED) is 0.825. The predicted molar refractivity (Wildman–Crippen MR) is 93.7 cm³/mol. The number of carbonyl (C=O) groups excluding carboxylic acids is 1. The van der Waals surface area contributed by atoms with Crippen molar-refractivity contribution in [1.82, 2.24) is 0 Å². The average Bonchev–Trinajstić information content (AvgIpc) is 3.11. The number of carboxylic acid groups (broad SMARTS) is 1. The van der Waals surface area contributed by atoms with E-state index in [2.05, 4.69) is 12.2 Å². The summed E-state index contributed by atoms with van der Waals surface area (Å²) in [6.07, 6.45) is 2.75. The number of carbonyl (C=O) groups is 2. The summed E-state index contributed by atoms with van der Waals surface area (Å²) in [4.78, 5) is 24.7. The van der Waals surface area contributed by atoms with E-state index in [9.17, 15) is 14.7 Å². The Kier molecular flexibility index (Phi) is 4.48. The van der Waals surface area contributed by atoms with Crippen LogP contribution in [0.5, 0.6) is 0 Å². The van der Waals surface area contributed by atoms with Crippen LogP contribution in [0.1, 0.15) is 39.2 Å². The van der Waals surface area contributed by atoms with Gasteiger partial charge in [-0.15, -0.1) is 0 Å². The Morgan fingerprint density at radius 2 is 1.67 bits per heavy atom. The van der Waals surface area contributed by atoms with Gasteiger partial charge in [-0.2, -0.15) is 0 Å². The Balaban J connectivity index is 1.85. The second kappa shape index (κ2) is 6.42. The highest BCUT2D eigenvalue weighted by atomic mass is 16.4. The van der Waals surface area contributed by atoms with Gasteiger partial charge in [-0.3, -0.25) is 9.59 Å². The van der Waals surface area contributed by atoms with Crippen molar-refractivity contribution in [3.63, 3.8) is 0 Å². The Hall–Kier alpha value is -2.10. The van der Waals surface area contributed by atoms with Crippen LogP contribution in [-0.4, -0.2) is 17.0 Å². The number of hydrogen-bond donors (Lipinski definition) is 2. The lowest BCUT2D eigenvalue weighted by Crippen LogP contribution is -2.37. The zero-order valence-electron chi connectivity index (χ0n) is 14.5. The first-order valence-electron chi connectivity index (χ1n) is 8.74. The van der Waals surface area contributed by atoms with Gasteiger partial charge >= 0.3 is 5.97 Å². The summed E-state index contributed by atoms with van der Waals surface area (Å²) in [5, 5.41) is 12.6. The SMILES string of the molecule is CCc1ccc(NC(=O)[C@H]2[C@@H](C(=O)O)[C@@H]3CC[C@H]2C3=C(C)C)cc1. The number of aliphatic carboxylic acids is 1. The first kappa shape index (κ1) is 16.7. The van der Waals surface area contributed by atoms with Crippen LogP contribution in [0.4, 0.5) is 5.69 Å². The molecular formula is C20H25NO3. The second-order valence-corrected chi connectivity index (χ2v) is 7.18. The number of amides is 1. The highest BCUT2D eigenvalue weighted by molar-refractivity contribution is 5.96. The summed E-state index contributed by atoms with van der Waals surface area (Å²) in [5.74, 6) is -1.95. The van der Waals surface area contributed by atoms with Crippen molar-refractivity contribution >= 4 is 17.6 Å². The Morgan fingerprint density at radius 3 is 2.17 bits per heavy atom. The summed E-state index contributed by atoms with van der Waals surface area (Å²) in [7, 11) is 0. The zero-order valence-corrected chi connectivity index (χ0v) is 14.5. The van der Waals surface area contributed by atoms with Gasteiger partial charge in [0, 0.05) is 5.69 Å². The molecule has 4 nitrogen and oxygen atoms in total. The molecule has 4 heteroatoms. The van der Waals surface area contributed by atoms with Crippen molar-refractivity contribution in [2.45, 2.75) is 40.0 Å². The van der Waals surface area contributed by atoms with E-state index in [-0.39, 0.29) is 17.7 Å². The van der Waals surface area contributed by atoms with Gasteiger partial charge in [-0.05, 0) is 62.6 Å². The van der Waals surface area contributed by atoms with Crippen LogP contribution in [0.15, 0.2) is 35.4 Å². The summed E-state index contributed by atoms with van der Waals surface area (Å²) in [6.45, 7) is 6.15. The molecule has 2 bridgehead atoms. The predicted octanol–water partition coefficient (Wildman–Crippen LogP) is 3.88. The number of allylic oxidation sites excluding steroid dienone is 2. The van der Waals surface area contributed by atoms with E-state index in [1.807, 2.05) is 38.1 Å². The van der Waals surface area contributed by atoms with Crippen LogP contribution >= 0.6 is 0 Å². The highest BCUT2D eigenvalue weighted by Crippen LogP contribution is 2.57. The lowest BCUT2D eigenvalue weighted by molar-refractivity contribution is -0.148. The van der Waals surface area contributed by atoms with Gasteiger partial charge in [0.15, 0.2) is 0 Å². The molecule has 1 amide bonds. The molecule has 0 heterocycles. The van der Waals surface area contributed by atoms with Gasteiger partial charge in [-0.25, -0.2) is 0 Å². The van der Waals surface area contributed by atoms with E-state index in [4.69, 9.17) is 0 Å². The van der Waals surface area contributed by atoms with Crippen LogP contribution in [0.3, 0.4) is 0 Å². The van der Waals surface area contributed by atoms with Crippen molar-refractivity contribution in [1.29, 1.82) is 0 Å². The molecule has 1 aromatic rings. The number of fused-ring (bicyclic) bond motifs is 2. The van der Waals surface area contributed by atoms with Crippen LogP contribution in [0.2, 0.25) is 0 Å². The fraction of sp³-hybridized carbons (Fsp3) is 0.500. The van der Waals surface area contributed by atoms with Crippen LogP contribution in [0.25, 0.3) is 0 Å². The van der Waals surface area contributed by atoms with E-state index in [1.165, 1.54) is 16.7 Å². The first-order chi connectivity index (χ1) is 11.4. The second-order valence-electron chi connectivity index (χ2n) is 7.18. The van der Waals surface area contributed by atoms with Crippen molar-refractivity contribution in [2.75, 3.05) is 5.32 Å². The number of hydrogen-bond acceptors (Lipinski definition) is 2. The molecule has 4 atom stereocenters. The average molecular weight is 327 g/mol. The first-order valence-corrected chi connectivity index (χ1v) is 8.74. The normalized spacial score (nSPS) is 28.0. The molecule has 2 N–H and O–H groups in total. The molecule has 2 saturated carbocycles. The topological polar surface area (TPSA) is 66.4 Å². The highest BCUT2D eigenvalue weighted by Gasteiger charge is 2.57.